The van der Waals surface area contributed by atoms with Gasteiger partial charge in [0.15, 0.2) is 0 Å². The quantitative estimate of drug-likeness (QED) is 0.217. The number of benzene rings is 2. The van der Waals surface area contributed by atoms with Crippen molar-refractivity contribution in [1.29, 1.82) is 0 Å². The molecule has 0 radical (unpaired) electrons. The second kappa shape index (κ2) is 13.6. The summed E-state index contributed by atoms with van der Waals surface area (Å²) in [5.74, 6) is 1.28. The molecule has 1 aromatic heterocycles. The van der Waals surface area contributed by atoms with Crippen molar-refractivity contribution in [3.05, 3.63) is 54.4 Å². The van der Waals surface area contributed by atoms with Gasteiger partial charge in [0, 0.05) is 13.0 Å². The maximum absolute atomic E-state index is 13.6. The molecule has 3 rings (SSSR count). The van der Waals surface area contributed by atoms with Crippen LogP contribution < -0.4 is 4.74 Å². The minimum absolute atomic E-state index is 0.246. The van der Waals surface area contributed by atoms with Crippen LogP contribution in [0.2, 0.25) is 0 Å². The highest BCUT2D eigenvalue weighted by molar-refractivity contribution is 7.90. The minimum Gasteiger partial charge on any atom is -0.494 e. The summed E-state index contributed by atoms with van der Waals surface area (Å²) in [6.45, 7) is 10.5. The van der Waals surface area contributed by atoms with Crippen LogP contribution in [0, 0.1) is 0 Å². The number of unbranched alkanes of at least 4 members (excludes halogenated alkanes) is 3. The molecule has 1 heterocycles. The topological polar surface area (TPSA) is 64.4 Å². The molecule has 0 aliphatic heterocycles. The van der Waals surface area contributed by atoms with E-state index in [4.69, 9.17) is 4.74 Å². The van der Waals surface area contributed by atoms with Crippen LogP contribution in [-0.4, -0.2) is 48.5 Å². The van der Waals surface area contributed by atoms with Crippen LogP contribution >= 0.6 is 0 Å². The van der Waals surface area contributed by atoms with Gasteiger partial charge in [-0.1, -0.05) is 52.2 Å². The van der Waals surface area contributed by atoms with Crippen molar-refractivity contribution in [2.24, 2.45) is 0 Å². The Hall–Kier alpha value is -2.38. The van der Waals surface area contributed by atoms with Crippen molar-refractivity contribution < 1.29 is 13.2 Å². The predicted molar refractivity (Wildman–Crippen MR) is 144 cm³/mol. The summed E-state index contributed by atoms with van der Waals surface area (Å²) in [7, 11) is -3.76. The smallest absolute Gasteiger partial charge is 0.269 e. The minimum atomic E-state index is -3.76. The molecular formula is C28H41N3O3S. The van der Waals surface area contributed by atoms with Crippen LogP contribution in [-0.2, 0) is 16.4 Å². The molecule has 35 heavy (non-hydrogen) atoms. The Morgan fingerprint density at radius 3 is 2.11 bits per heavy atom. The van der Waals surface area contributed by atoms with Crippen LogP contribution in [0.5, 0.6) is 5.75 Å². The van der Waals surface area contributed by atoms with Gasteiger partial charge in [-0.15, -0.1) is 0 Å². The molecule has 0 saturated heterocycles. The van der Waals surface area contributed by atoms with Gasteiger partial charge in [-0.25, -0.2) is 17.4 Å². The van der Waals surface area contributed by atoms with Crippen LogP contribution in [0.15, 0.2) is 53.4 Å². The van der Waals surface area contributed by atoms with E-state index in [1.165, 1.54) is 29.7 Å². The SMILES string of the molecule is CCCCc1nc2ccccc2n1S(=O)(=O)c1ccc(OCCCN(CCCC)CCCC)cc1. The normalized spacial score (nSPS) is 12.0. The van der Waals surface area contributed by atoms with Gasteiger partial charge in [0.1, 0.15) is 11.6 Å². The largest absolute Gasteiger partial charge is 0.494 e. The van der Waals surface area contributed by atoms with Gasteiger partial charge in [0.2, 0.25) is 0 Å². The van der Waals surface area contributed by atoms with Gasteiger partial charge in [0.05, 0.1) is 22.5 Å². The summed E-state index contributed by atoms with van der Waals surface area (Å²) >= 11 is 0. The fourth-order valence-corrected chi connectivity index (χ4v) is 5.72. The van der Waals surface area contributed by atoms with Gasteiger partial charge in [-0.3, -0.25) is 0 Å². The Kier molecular flexibility index (Phi) is 10.6. The predicted octanol–water partition coefficient (Wildman–Crippen LogP) is 6.29. The molecule has 0 unspecified atom stereocenters. The molecule has 0 aliphatic carbocycles. The second-order valence-electron chi connectivity index (χ2n) is 9.11. The summed E-state index contributed by atoms with van der Waals surface area (Å²) in [5, 5.41) is 0. The monoisotopic (exact) mass is 499 g/mol. The highest BCUT2D eigenvalue weighted by Crippen LogP contribution is 2.25. The van der Waals surface area contributed by atoms with Crippen LogP contribution in [0.25, 0.3) is 11.0 Å². The van der Waals surface area contributed by atoms with E-state index in [0.717, 1.165) is 38.9 Å². The fourth-order valence-electron chi connectivity index (χ4n) is 4.20. The number of ether oxygens (including phenoxy) is 1. The molecule has 0 N–H and O–H groups in total. The van der Waals surface area contributed by atoms with E-state index in [0.29, 0.717) is 35.6 Å². The van der Waals surface area contributed by atoms with Crippen LogP contribution in [0.1, 0.15) is 71.5 Å². The first kappa shape index (κ1) is 27.2. The lowest BCUT2D eigenvalue weighted by Gasteiger charge is -2.21. The summed E-state index contributed by atoms with van der Waals surface area (Å²) in [4.78, 5) is 7.39. The zero-order valence-corrected chi connectivity index (χ0v) is 22.4. The zero-order chi connectivity index (χ0) is 25.1. The molecular weight excluding hydrogens is 458 g/mol. The molecule has 0 atom stereocenters. The van der Waals surface area contributed by atoms with Crippen molar-refractivity contribution in [3.8, 4) is 5.75 Å². The van der Waals surface area contributed by atoms with E-state index in [9.17, 15) is 8.42 Å². The number of aromatic nitrogens is 2. The average Bonchev–Trinajstić information content (AvgIpc) is 3.26. The highest BCUT2D eigenvalue weighted by Gasteiger charge is 2.24. The van der Waals surface area contributed by atoms with Gasteiger partial charge >= 0.3 is 0 Å². The Morgan fingerprint density at radius 2 is 1.46 bits per heavy atom. The molecule has 0 bridgehead atoms. The summed E-state index contributed by atoms with van der Waals surface area (Å²) < 4.78 is 34.5. The lowest BCUT2D eigenvalue weighted by molar-refractivity contribution is 0.229. The zero-order valence-electron chi connectivity index (χ0n) is 21.6. The van der Waals surface area contributed by atoms with Crippen molar-refractivity contribution in [2.45, 2.75) is 77.0 Å². The maximum Gasteiger partial charge on any atom is 0.269 e. The van der Waals surface area contributed by atoms with Gasteiger partial charge in [0.25, 0.3) is 10.0 Å². The third-order valence-corrected chi connectivity index (χ3v) is 8.00. The number of hydrogen-bond donors (Lipinski definition) is 0. The van der Waals surface area contributed by atoms with E-state index < -0.39 is 10.0 Å². The average molecular weight is 500 g/mol. The molecule has 0 saturated carbocycles. The van der Waals surface area contributed by atoms with Crippen molar-refractivity contribution in [2.75, 3.05) is 26.2 Å². The molecule has 0 fully saturated rings. The van der Waals surface area contributed by atoms with Gasteiger partial charge in [-0.2, -0.15) is 0 Å². The maximum atomic E-state index is 13.6. The van der Waals surface area contributed by atoms with E-state index in [1.807, 2.05) is 24.3 Å². The van der Waals surface area contributed by atoms with Crippen molar-refractivity contribution in [3.63, 3.8) is 0 Å². The van der Waals surface area contributed by atoms with Crippen molar-refractivity contribution in [1.82, 2.24) is 13.9 Å². The molecule has 192 valence electrons. The standard InChI is InChI=1S/C28H41N3O3S/c1-4-7-15-28-29-26-13-10-11-14-27(26)31(28)35(32,33)25-18-16-24(17-19-25)34-23-12-22-30(20-8-5-2)21-9-6-3/h10-11,13-14,16-19H,4-9,12,15,20-23H2,1-3H3. The third kappa shape index (κ3) is 7.31. The van der Waals surface area contributed by atoms with Gasteiger partial charge < -0.3 is 9.64 Å². The number of para-hydroxylation sites is 2. The number of rotatable bonds is 16. The van der Waals surface area contributed by atoms with Gasteiger partial charge in [-0.05, 0) is 75.2 Å². The Labute approximate surface area is 211 Å². The summed E-state index contributed by atoms with van der Waals surface area (Å²) in [6.07, 6.45) is 8.32. The second-order valence-corrected chi connectivity index (χ2v) is 10.9. The Bertz CT molecular complexity index is 1130. The molecule has 0 spiro atoms. The van der Waals surface area contributed by atoms with Crippen LogP contribution in [0.4, 0.5) is 0 Å². The lowest BCUT2D eigenvalue weighted by atomic mass is 10.2. The van der Waals surface area contributed by atoms with E-state index in [-0.39, 0.29) is 4.90 Å². The molecule has 6 nitrogen and oxygen atoms in total. The molecule has 7 heteroatoms. The van der Waals surface area contributed by atoms with E-state index >= 15 is 0 Å². The fraction of sp³-hybridized carbons (Fsp3) is 0.536. The number of imidazole rings is 1. The molecule has 3 aromatic rings. The highest BCUT2D eigenvalue weighted by atomic mass is 32.2. The molecule has 0 aliphatic rings. The number of hydrogen-bond acceptors (Lipinski definition) is 5. The Balaban J connectivity index is 1.66. The lowest BCUT2D eigenvalue weighted by Crippen LogP contribution is -2.28. The first-order chi connectivity index (χ1) is 17.0. The first-order valence-electron chi connectivity index (χ1n) is 13.2. The Morgan fingerprint density at radius 1 is 0.829 bits per heavy atom. The number of nitrogens with zero attached hydrogens (tertiary/aromatic N) is 3. The number of fused-ring (bicyclic) bond motifs is 1. The summed E-state index contributed by atoms with van der Waals surface area (Å²) in [5.41, 5.74) is 1.32. The first-order valence-corrected chi connectivity index (χ1v) is 14.6. The van der Waals surface area contributed by atoms with Crippen molar-refractivity contribution >= 4 is 21.1 Å². The van der Waals surface area contributed by atoms with E-state index in [1.54, 1.807) is 24.3 Å². The van der Waals surface area contributed by atoms with Crippen LogP contribution in [0.3, 0.4) is 0 Å². The molecule has 0 amide bonds. The summed E-state index contributed by atoms with van der Waals surface area (Å²) in [6, 6.07) is 14.2. The third-order valence-electron chi connectivity index (χ3n) is 6.24. The van der Waals surface area contributed by atoms with E-state index in [2.05, 4.69) is 30.7 Å². The number of aryl methyl sites for hydroxylation is 1. The molecule has 2 aromatic carbocycles.